The van der Waals surface area contributed by atoms with E-state index in [1.54, 1.807) is 0 Å². The lowest BCUT2D eigenvalue weighted by Gasteiger charge is -2.35. The Labute approximate surface area is 114 Å². The van der Waals surface area contributed by atoms with Gasteiger partial charge < -0.3 is 5.32 Å². The maximum atomic E-state index is 3.73. The van der Waals surface area contributed by atoms with Crippen molar-refractivity contribution in [2.75, 3.05) is 7.05 Å². The number of hydrogen-bond donors (Lipinski definition) is 1. The number of nitrogens with one attached hydrogen (secondary N) is 1. The normalized spacial score (nSPS) is 31.2. The minimum Gasteiger partial charge on any atom is -0.311 e. The molecule has 3 heteroatoms. The van der Waals surface area contributed by atoms with Gasteiger partial charge in [0.25, 0.3) is 0 Å². The first-order chi connectivity index (χ1) is 8.61. The second-order valence-electron chi connectivity index (χ2n) is 6.12. The summed E-state index contributed by atoms with van der Waals surface area (Å²) in [6.45, 7) is 5.60. The van der Waals surface area contributed by atoms with Crippen LogP contribution in [0.25, 0.3) is 0 Å². The van der Waals surface area contributed by atoms with Gasteiger partial charge in [-0.15, -0.1) is 11.3 Å². The number of fused-ring (bicyclic) bond motifs is 2. The van der Waals surface area contributed by atoms with E-state index in [1.807, 2.05) is 11.3 Å². The van der Waals surface area contributed by atoms with Gasteiger partial charge in [0.05, 0.1) is 0 Å². The van der Waals surface area contributed by atoms with Crippen LogP contribution >= 0.6 is 11.3 Å². The number of thiophene rings is 1. The Bertz CT molecular complexity index is 414. The lowest BCUT2D eigenvalue weighted by Crippen LogP contribution is -2.46. The van der Waals surface area contributed by atoms with Crippen LogP contribution in [0.3, 0.4) is 0 Å². The summed E-state index contributed by atoms with van der Waals surface area (Å²) in [7, 11) is 2.31. The van der Waals surface area contributed by atoms with Crippen molar-refractivity contribution in [2.24, 2.45) is 0 Å². The third kappa shape index (κ3) is 2.49. The van der Waals surface area contributed by atoms with Crippen LogP contribution in [0.15, 0.2) is 6.07 Å². The van der Waals surface area contributed by atoms with Crippen LogP contribution in [0, 0.1) is 13.8 Å². The van der Waals surface area contributed by atoms with Crippen LogP contribution < -0.4 is 5.32 Å². The fraction of sp³-hybridized carbons (Fsp3) is 0.733. The molecule has 3 heterocycles. The molecule has 0 aromatic carbocycles. The van der Waals surface area contributed by atoms with Crippen molar-refractivity contribution in [3.63, 3.8) is 0 Å². The lowest BCUT2D eigenvalue weighted by atomic mass is 9.98. The molecule has 0 aliphatic carbocycles. The topological polar surface area (TPSA) is 15.3 Å². The van der Waals surface area contributed by atoms with E-state index in [4.69, 9.17) is 0 Å². The molecule has 2 unspecified atom stereocenters. The van der Waals surface area contributed by atoms with Gasteiger partial charge in [-0.1, -0.05) is 0 Å². The predicted octanol–water partition coefficient (Wildman–Crippen LogP) is 3.08. The summed E-state index contributed by atoms with van der Waals surface area (Å²) in [4.78, 5) is 5.53. The van der Waals surface area contributed by atoms with Gasteiger partial charge in [-0.3, -0.25) is 4.90 Å². The minimum absolute atomic E-state index is 0.781. The molecule has 1 aromatic heterocycles. The average Bonchev–Trinajstić information content (AvgIpc) is 2.82. The van der Waals surface area contributed by atoms with Crippen molar-refractivity contribution in [1.29, 1.82) is 0 Å². The summed E-state index contributed by atoms with van der Waals surface area (Å²) < 4.78 is 0. The molecule has 2 fully saturated rings. The lowest BCUT2D eigenvalue weighted by molar-refractivity contribution is 0.166. The van der Waals surface area contributed by atoms with Crippen LogP contribution in [0.1, 0.15) is 41.0 Å². The summed E-state index contributed by atoms with van der Waals surface area (Å²) in [5.74, 6) is 0. The average molecular weight is 264 g/mol. The fourth-order valence-electron chi connectivity index (χ4n) is 3.63. The smallest absolute Gasteiger partial charge is 0.0244 e. The second kappa shape index (κ2) is 4.95. The van der Waals surface area contributed by atoms with Crippen molar-refractivity contribution >= 4 is 11.3 Å². The standard InChI is InChI=1S/C15H24N2S/c1-10-6-12(11(2)18-10)9-17(3)15-7-13-4-5-14(8-15)16-13/h6,13-16H,4-5,7-9H2,1-3H3. The van der Waals surface area contributed by atoms with Crippen molar-refractivity contribution in [2.45, 2.75) is 64.2 Å². The Balaban J connectivity index is 1.64. The third-order valence-electron chi connectivity index (χ3n) is 4.64. The minimum atomic E-state index is 0.781. The molecular weight excluding hydrogens is 240 g/mol. The molecule has 0 amide bonds. The molecule has 0 radical (unpaired) electrons. The second-order valence-corrected chi connectivity index (χ2v) is 7.58. The molecule has 1 aromatic rings. The summed E-state index contributed by atoms with van der Waals surface area (Å²) in [6.07, 6.45) is 5.47. The molecule has 100 valence electrons. The highest BCUT2D eigenvalue weighted by Crippen LogP contribution is 2.30. The molecule has 0 saturated carbocycles. The summed E-state index contributed by atoms with van der Waals surface area (Å²) in [6, 6.07) is 4.73. The van der Waals surface area contributed by atoms with Crippen molar-refractivity contribution in [1.82, 2.24) is 10.2 Å². The highest BCUT2D eigenvalue weighted by molar-refractivity contribution is 7.12. The van der Waals surface area contributed by atoms with Gasteiger partial charge in [0.2, 0.25) is 0 Å². The van der Waals surface area contributed by atoms with Crippen molar-refractivity contribution < 1.29 is 0 Å². The van der Waals surface area contributed by atoms with E-state index >= 15 is 0 Å². The maximum Gasteiger partial charge on any atom is 0.0244 e. The molecule has 18 heavy (non-hydrogen) atoms. The zero-order valence-electron chi connectivity index (χ0n) is 11.7. The van der Waals surface area contributed by atoms with Crippen LogP contribution in [0.5, 0.6) is 0 Å². The molecule has 2 nitrogen and oxygen atoms in total. The highest BCUT2D eigenvalue weighted by atomic mass is 32.1. The number of rotatable bonds is 3. The van der Waals surface area contributed by atoms with E-state index in [1.165, 1.54) is 41.0 Å². The molecular formula is C15H24N2S. The van der Waals surface area contributed by atoms with Crippen LogP contribution in [0.4, 0.5) is 0 Å². The zero-order valence-corrected chi connectivity index (χ0v) is 12.5. The van der Waals surface area contributed by atoms with Gasteiger partial charge in [0.15, 0.2) is 0 Å². The Morgan fingerprint density at radius 3 is 2.50 bits per heavy atom. The van der Waals surface area contributed by atoms with Crippen molar-refractivity contribution in [3.8, 4) is 0 Å². The summed E-state index contributed by atoms with van der Waals surface area (Å²) in [5.41, 5.74) is 1.53. The Morgan fingerprint density at radius 2 is 1.94 bits per heavy atom. The first kappa shape index (κ1) is 12.6. The highest BCUT2D eigenvalue weighted by Gasteiger charge is 2.35. The van der Waals surface area contributed by atoms with Crippen molar-refractivity contribution in [3.05, 3.63) is 21.4 Å². The number of hydrogen-bond acceptors (Lipinski definition) is 3. The fourth-order valence-corrected chi connectivity index (χ4v) is 4.56. The quantitative estimate of drug-likeness (QED) is 0.902. The number of nitrogens with zero attached hydrogens (tertiary/aromatic N) is 1. The van der Waals surface area contributed by atoms with Gasteiger partial charge >= 0.3 is 0 Å². The maximum absolute atomic E-state index is 3.73. The molecule has 1 N–H and O–H groups in total. The van der Waals surface area contributed by atoms with Gasteiger partial charge in [-0.05, 0) is 58.2 Å². The van der Waals surface area contributed by atoms with Crippen LogP contribution in [0.2, 0.25) is 0 Å². The van der Waals surface area contributed by atoms with E-state index in [0.29, 0.717) is 0 Å². The first-order valence-electron chi connectivity index (χ1n) is 7.14. The van der Waals surface area contributed by atoms with E-state index in [0.717, 1.165) is 24.7 Å². The van der Waals surface area contributed by atoms with Crippen LogP contribution in [-0.2, 0) is 6.54 Å². The molecule has 2 saturated heterocycles. The van der Waals surface area contributed by atoms with E-state index in [-0.39, 0.29) is 0 Å². The molecule has 2 aliphatic heterocycles. The SMILES string of the molecule is Cc1cc(CN(C)C2CC3CCC(C2)N3)c(C)s1. The van der Waals surface area contributed by atoms with Gasteiger partial charge in [-0.2, -0.15) is 0 Å². The van der Waals surface area contributed by atoms with E-state index < -0.39 is 0 Å². The van der Waals surface area contributed by atoms with E-state index in [9.17, 15) is 0 Å². The van der Waals surface area contributed by atoms with Gasteiger partial charge in [0, 0.05) is 34.4 Å². The number of piperidine rings is 1. The predicted molar refractivity (Wildman–Crippen MR) is 78.2 cm³/mol. The van der Waals surface area contributed by atoms with Crippen LogP contribution in [-0.4, -0.2) is 30.1 Å². The molecule has 2 atom stereocenters. The largest absolute Gasteiger partial charge is 0.311 e. The monoisotopic (exact) mass is 264 g/mol. The van der Waals surface area contributed by atoms with E-state index in [2.05, 4.69) is 37.2 Å². The summed E-state index contributed by atoms with van der Waals surface area (Å²) in [5, 5.41) is 3.73. The summed E-state index contributed by atoms with van der Waals surface area (Å²) >= 11 is 1.93. The Kier molecular flexibility index (Phi) is 3.48. The number of aryl methyl sites for hydroxylation is 2. The first-order valence-corrected chi connectivity index (χ1v) is 7.95. The Morgan fingerprint density at radius 1 is 1.28 bits per heavy atom. The Hall–Kier alpha value is -0.380. The molecule has 2 aliphatic rings. The van der Waals surface area contributed by atoms with Gasteiger partial charge in [-0.25, -0.2) is 0 Å². The van der Waals surface area contributed by atoms with Gasteiger partial charge in [0.1, 0.15) is 0 Å². The molecule has 2 bridgehead atoms. The zero-order chi connectivity index (χ0) is 12.7. The molecule has 0 spiro atoms. The third-order valence-corrected chi connectivity index (χ3v) is 5.64. The molecule has 3 rings (SSSR count).